The second kappa shape index (κ2) is 9.84. The van der Waals surface area contributed by atoms with Crippen LogP contribution in [-0.2, 0) is 25.9 Å². The summed E-state index contributed by atoms with van der Waals surface area (Å²) in [5.74, 6) is -0.223. The highest BCUT2D eigenvalue weighted by Gasteiger charge is 2.63. The van der Waals surface area contributed by atoms with E-state index < -0.39 is 34.6 Å². The van der Waals surface area contributed by atoms with Gasteiger partial charge in [0.15, 0.2) is 28.5 Å². The molecule has 3 atom stereocenters. The van der Waals surface area contributed by atoms with Gasteiger partial charge in [0.05, 0.1) is 0 Å². The van der Waals surface area contributed by atoms with Gasteiger partial charge in [-0.05, 0) is 41.8 Å². The number of nitrogens with zero attached hydrogens (tertiary/aromatic N) is 1. The second-order valence-corrected chi connectivity index (χ2v) is 22.6. The topological polar surface area (TPSA) is 59.0 Å². The number of benzene rings is 2. The van der Waals surface area contributed by atoms with Crippen molar-refractivity contribution in [2.75, 3.05) is 0 Å². The number of rotatable bonds is 7. The smallest absolute Gasteiger partial charge is 0.256 e. The van der Waals surface area contributed by atoms with Gasteiger partial charge in [-0.1, -0.05) is 102 Å². The highest BCUT2D eigenvalue weighted by Crippen LogP contribution is 2.48. The molecular weight excluding hydrogens is 482 g/mol. The van der Waals surface area contributed by atoms with Crippen LogP contribution in [0.25, 0.3) is 0 Å². The number of aliphatic hydroxyl groups is 1. The van der Waals surface area contributed by atoms with Crippen molar-refractivity contribution in [1.29, 1.82) is 0 Å². The van der Waals surface area contributed by atoms with Crippen molar-refractivity contribution in [3.05, 3.63) is 71.8 Å². The van der Waals surface area contributed by atoms with Gasteiger partial charge in [-0.3, -0.25) is 4.79 Å². The van der Waals surface area contributed by atoms with Crippen LogP contribution in [0.5, 0.6) is 0 Å². The Balaban J connectivity index is 2.21. The summed E-state index contributed by atoms with van der Waals surface area (Å²) < 4.78 is 13.8. The van der Waals surface area contributed by atoms with Gasteiger partial charge in [-0.2, -0.15) is 0 Å². The molecule has 1 amide bonds. The number of likely N-dealkylation sites (tertiary alicyclic amines) is 1. The molecule has 1 N–H and O–H groups in total. The van der Waals surface area contributed by atoms with Crippen LogP contribution in [0, 0.1) is 0 Å². The van der Waals surface area contributed by atoms with E-state index in [1.54, 1.807) is 4.90 Å². The average molecular weight is 528 g/mol. The predicted octanol–water partition coefficient (Wildman–Crippen LogP) is 6.65. The van der Waals surface area contributed by atoms with E-state index in [0.29, 0.717) is 5.56 Å². The van der Waals surface area contributed by atoms with Gasteiger partial charge in [-0.15, -0.1) is 0 Å². The zero-order valence-electron chi connectivity index (χ0n) is 23.8. The van der Waals surface area contributed by atoms with Crippen LogP contribution in [0.2, 0.25) is 36.3 Å². The summed E-state index contributed by atoms with van der Waals surface area (Å²) in [6, 6.07) is 19.3. The molecule has 0 saturated carbocycles. The van der Waals surface area contributed by atoms with Crippen LogP contribution < -0.4 is 0 Å². The van der Waals surface area contributed by atoms with Crippen LogP contribution in [0.3, 0.4) is 0 Å². The Morgan fingerprint density at radius 2 is 1.25 bits per heavy atom. The molecule has 0 spiro atoms. The normalized spacial score (nSPS) is 23.9. The van der Waals surface area contributed by atoms with E-state index in [1.807, 2.05) is 60.7 Å². The van der Waals surface area contributed by atoms with Gasteiger partial charge in [0.1, 0.15) is 6.10 Å². The second-order valence-electron chi connectivity index (χ2n) is 13.1. The van der Waals surface area contributed by atoms with Crippen molar-refractivity contribution in [2.24, 2.45) is 0 Å². The van der Waals surface area contributed by atoms with Crippen LogP contribution in [0.4, 0.5) is 0 Å². The third kappa shape index (κ3) is 5.41. The van der Waals surface area contributed by atoms with E-state index >= 15 is 0 Å². The van der Waals surface area contributed by atoms with Gasteiger partial charge in [0.25, 0.3) is 5.91 Å². The third-order valence-corrected chi connectivity index (χ3v) is 17.3. The molecule has 1 aliphatic rings. The monoisotopic (exact) mass is 527 g/mol. The molecule has 5 nitrogen and oxygen atoms in total. The molecule has 1 fully saturated rings. The molecule has 2 aromatic rings. The lowest BCUT2D eigenvalue weighted by atomic mass is 9.96. The number of carbonyl (C=O) groups is 1. The maximum atomic E-state index is 14.2. The first-order chi connectivity index (χ1) is 16.4. The quantitative estimate of drug-likeness (QED) is 0.409. The fourth-order valence-corrected chi connectivity index (χ4v) is 6.52. The lowest BCUT2D eigenvalue weighted by Crippen LogP contribution is -2.57. The summed E-state index contributed by atoms with van der Waals surface area (Å²) in [6.45, 7) is 21.9. The maximum Gasteiger partial charge on any atom is 0.256 e. The lowest BCUT2D eigenvalue weighted by Gasteiger charge is -2.45. The lowest BCUT2D eigenvalue weighted by molar-refractivity contribution is -0.165. The van der Waals surface area contributed by atoms with E-state index in [1.165, 1.54) is 0 Å². The molecule has 0 aliphatic carbocycles. The molecule has 2 aromatic carbocycles. The highest BCUT2D eigenvalue weighted by atomic mass is 28.4. The molecule has 3 rings (SSSR count). The maximum absolute atomic E-state index is 14.2. The number of hydrogen-bond acceptors (Lipinski definition) is 4. The van der Waals surface area contributed by atoms with Crippen molar-refractivity contribution in [1.82, 2.24) is 4.90 Å². The van der Waals surface area contributed by atoms with Crippen LogP contribution in [0.15, 0.2) is 60.7 Å². The number of amides is 1. The van der Waals surface area contributed by atoms with Gasteiger partial charge in [-0.25, -0.2) is 0 Å². The van der Waals surface area contributed by atoms with Crippen LogP contribution in [-0.4, -0.2) is 44.8 Å². The van der Waals surface area contributed by atoms with E-state index in [0.717, 1.165) is 5.56 Å². The molecule has 198 valence electrons. The predicted molar refractivity (Wildman–Crippen MR) is 151 cm³/mol. The average Bonchev–Trinajstić information content (AvgIpc) is 2.95. The molecule has 1 aliphatic heterocycles. The standard InChI is InChI=1S/C29H45NO4Si2/c1-27(2,3)35(7,8)33-24-25(34-36(9,10)28(4,5)6)29(32,23-19-15-12-16-20-23)30(26(24)31)21-22-17-13-11-14-18-22/h11-20,24-25,32H,21H2,1-10H3/t24-,25-,29?/m1/s1. The molecular formula is C29H45NO4Si2. The van der Waals surface area contributed by atoms with Crippen LogP contribution in [0.1, 0.15) is 52.7 Å². The number of hydrogen-bond donors (Lipinski definition) is 1. The Labute approximate surface area is 220 Å². The van der Waals surface area contributed by atoms with Crippen molar-refractivity contribution < 1.29 is 18.8 Å². The van der Waals surface area contributed by atoms with Crippen molar-refractivity contribution in [2.45, 2.75) is 102 Å². The van der Waals surface area contributed by atoms with Crippen LogP contribution >= 0.6 is 0 Å². The zero-order valence-corrected chi connectivity index (χ0v) is 25.8. The molecule has 0 aromatic heterocycles. The van der Waals surface area contributed by atoms with E-state index in [2.05, 4.69) is 67.7 Å². The first kappa shape index (κ1) is 28.8. The van der Waals surface area contributed by atoms with Crippen molar-refractivity contribution in [3.8, 4) is 0 Å². The summed E-state index contributed by atoms with van der Waals surface area (Å²) in [5, 5.41) is 12.4. The molecule has 1 heterocycles. The minimum absolute atomic E-state index is 0.105. The fourth-order valence-electron chi connectivity index (χ4n) is 4.03. The number of carbonyl (C=O) groups excluding carboxylic acids is 1. The minimum Gasteiger partial charge on any atom is -0.406 e. The zero-order chi connectivity index (χ0) is 27.2. The molecule has 1 saturated heterocycles. The van der Waals surface area contributed by atoms with E-state index in [4.69, 9.17) is 8.85 Å². The largest absolute Gasteiger partial charge is 0.406 e. The summed E-state index contributed by atoms with van der Waals surface area (Å²) in [7, 11) is -4.79. The summed E-state index contributed by atoms with van der Waals surface area (Å²) in [4.78, 5) is 15.8. The molecule has 36 heavy (non-hydrogen) atoms. The van der Waals surface area contributed by atoms with Crippen molar-refractivity contribution >= 4 is 22.5 Å². The van der Waals surface area contributed by atoms with Crippen molar-refractivity contribution in [3.63, 3.8) is 0 Å². The van der Waals surface area contributed by atoms with Gasteiger partial charge in [0.2, 0.25) is 0 Å². The van der Waals surface area contributed by atoms with Gasteiger partial charge >= 0.3 is 0 Å². The first-order valence-corrected chi connectivity index (χ1v) is 18.7. The molecule has 0 bridgehead atoms. The Bertz CT molecular complexity index is 1040. The highest BCUT2D eigenvalue weighted by molar-refractivity contribution is 6.74. The SMILES string of the molecule is CC(C)(C)[Si](C)(C)O[C@@H]1[C@@H](O[Si](C)(C)C(C)(C)C)C(=O)N(Cc2ccccc2)C1(O)c1ccccc1. The Morgan fingerprint density at radius 3 is 1.72 bits per heavy atom. The third-order valence-electron chi connectivity index (χ3n) is 8.43. The Morgan fingerprint density at radius 1 is 0.806 bits per heavy atom. The van der Waals surface area contributed by atoms with Gasteiger partial charge in [0, 0.05) is 12.1 Å². The summed E-state index contributed by atoms with van der Waals surface area (Å²) in [5.41, 5.74) is -0.0879. The summed E-state index contributed by atoms with van der Waals surface area (Å²) in [6.07, 6.45) is -1.75. The van der Waals surface area contributed by atoms with Gasteiger partial charge < -0.3 is 18.9 Å². The minimum atomic E-state index is -2.41. The first-order valence-electron chi connectivity index (χ1n) is 12.9. The Kier molecular flexibility index (Phi) is 7.87. The fraction of sp³-hybridized carbons (Fsp3) is 0.552. The molecule has 0 radical (unpaired) electrons. The van der Waals surface area contributed by atoms with E-state index in [9.17, 15) is 9.90 Å². The Hall–Kier alpha value is -1.78. The molecule has 1 unspecified atom stereocenters. The molecule has 7 heteroatoms. The summed E-state index contributed by atoms with van der Waals surface area (Å²) >= 11 is 0. The van der Waals surface area contributed by atoms with E-state index in [-0.39, 0.29) is 22.5 Å².